The summed E-state index contributed by atoms with van der Waals surface area (Å²) >= 11 is 0. The van der Waals surface area contributed by atoms with Crippen molar-refractivity contribution >= 4 is 11.8 Å². The molecule has 4 atom stereocenters. The zero-order valence-electron chi connectivity index (χ0n) is 9.12. The molecule has 0 radical (unpaired) electrons. The summed E-state index contributed by atoms with van der Waals surface area (Å²) in [7, 11) is 0. The lowest BCUT2D eigenvalue weighted by Crippen LogP contribution is -2.52. The van der Waals surface area contributed by atoms with E-state index < -0.39 is 36.7 Å². The van der Waals surface area contributed by atoms with Crippen LogP contribution in [0.25, 0.3) is 0 Å². The van der Waals surface area contributed by atoms with Crippen LogP contribution in [-0.2, 0) is 9.63 Å². The summed E-state index contributed by atoms with van der Waals surface area (Å²) in [5.74, 6) is -0.819. The Morgan fingerprint density at radius 1 is 1.50 bits per heavy atom. The first-order chi connectivity index (χ1) is 7.47. The van der Waals surface area contributed by atoms with Crippen LogP contribution in [0.15, 0.2) is 4.99 Å². The predicted octanol–water partition coefficient (Wildman–Crippen LogP) is -1.81. The van der Waals surface area contributed by atoms with Gasteiger partial charge in [-0.2, -0.15) is 0 Å². The van der Waals surface area contributed by atoms with Crippen LogP contribution in [0.5, 0.6) is 0 Å². The van der Waals surface area contributed by atoms with Gasteiger partial charge in [-0.15, -0.1) is 0 Å². The van der Waals surface area contributed by atoms with Crippen LogP contribution in [0, 0.1) is 5.92 Å². The Kier molecular flexibility index (Phi) is 4.22. The molecule has 0 fully saturated rings. The van der Waals surface area contributed by atoms with E-state index in [-0.39, 0.29) is 5.84 Å². The lowest BCUT2D eigenvalue weighted by atomic mass is 9.91. The third-order valence-corrected chi connectivity index (χ3v) is 2.48. The van der Waals surface area contributed by atoms with Crippen molar-refractivity contribution in [3.63, 3.8) is 0 Å². The molecular weight excluding hydrogens is 216 g/mol. The standard InChI is InChI=1S/C9H16N2O5/c1-4-7(14)8(15)6(3-12)10-9(4)11-16-5(2)13/h4,6-8,12,14-15H,3H2,1-2H3,(H,10,11)/t4-,6-,7-,8-/m1/s1. The SMILES string of the molecule is CC(=O)ONC1=N[C@H](CO)[C@@H](O)[C@H](O)[C@H]1C. The number of hydrogen-bond acceptors (Lipinski definition) is 7. The molecule has 92 valence electrons. The van der Waals surface area contributed by atoms with Crippen molar-refractivity contribution in [1.82, 2.24) is 5.48 Å². The van der Waals surface area contributed by atoms with E-state index in [0.717, 1.165) is 0 Å². The van der Waals surface area contributed by atoms with Gasteiger partial charge in [0.15, 0.2) is 0 Å². The fourth-order valence-corrected chi connectivity index (χ4v) is 1.45. The van der Waals surface area contributed by atoms with Gasteiger partial charge >= 0.3 is 5.97 Å². The highest BCUT2D eigenvalue weighted by Gasteiger charge is 2.37. The molecule has 16 heavy (non-hydrogen) atoms. The highest BCUT2D eigenvalue weighted by molar-refractivity contribution is 5.86. The first kappa shape index (κ1) is 12.9. The lowest BCUT2D eigenvalue weighted by molar-refractivity contribution is -0.145. The molecule has 0 aromatic carbocycles. The number of amidine groups is 1. The van der Waals surface area contributed by atoms with Gasteiger partial charge in [0, 0.05) is 12.8 Å². The molecule has 7 nitrogen and oxygen atoms in total. The molecule has 0 aromatic rings. The maximum atomic E-state index is 10.6. The van der Waals surface area contributed by atoms with Gasteiger partial charge < -0.3 is 20.2 Å². The number of carbonyl (C=O) groups excluding carboxylic acids is 1. The minimum absolute atomic E-state index is 0.229. The van der Waals surface area contributed by atoms with Crippen molar-refractivity contribution in [2.24, 2.45) is 10.9 Å². The summed E-state index contributed by atoms with van der Waals surface area (Å²) in [6, 6.07) is -0.816. The highest BCUT2D eigenvalue weighted by Crippen LogP contribution is 2.19. The number of nitrogens with zero attached hydrogens (tertiary/aromatic N) is 1. The molecule has 0 unspecified atom stereocenters. The van der Waals surface area contributed by atoms with Gasteiger partial charge in [0.05, 0.1) is 12.7 Å². The zero-order valence-corrected chi connectivity index (χ0v) is 9.12. The number of hydroxylamine groups is 1. The number of aliphatic hydroxyl groups is 3. The molecule has 1 aliphatic rings. The van der Waals surface area contributed by atoms with Crippen molar-refractivity contribution < 1.29 is 25.0 Å². The molecule has 0 saturated carbocycles. The molecule has 1 heterocycles. The van der Waals surface area contributed by atoms with E-state index in [9.17, 15) is 15.0 Å². The molecule has 0 amide bonds. The second kappa shape index (κ2) is 5.24. The van der Waals surface area contributed by atoms with E-state index in [1.807, 2.05) is 0 Å². The zero-order chi connectivity index (χ0) is 12.3. The van der Waals surface area contributed by atoms with Crippen LogP contribution >= 0.6 is 0 Å². The Hall–Kier alpha value is -1.18. The second-order valence-electron chi connectivity index (χ2n) is 3.73. The Balaban J connectivity index is 2.76. The summed E-state index contributed by atoms with van der Waals surface area (Å²) in [5, 5.41) is 28.2. The predicted molar refractivity (Wildman–Crippen MR) is 54.4 cm³/mol. The van der Waals surface area contributed by atoms with E-state index in [0.29, 0.717) is 0 Å². The number of hydrogen-bond donors (Lipinski definition) is 4. The summed E-state index contributed by atoms with van der Waals surface area (Å²) in [6.07, 6.45) is -2.18. The molecule has 4 N–H and O–H groups in total. The number of rotatable bonds is 1. The van der Waals surface area contributed by atoms with Crippen molar-refractivity contribution in [3.05, 3.63) is 0 Å². The van der Waals surface area contributed by atoms with Crippen LogP contribution in [0.2, 0.25) is 0 Å². The molecule has 0 saturated heterocycles. The maximum absolute atomic E-state index is 10.6. The average molecular weight is 232 g/mol. The minimum atomic E-state index is -1.12. The quantitative estimate of drug-likeness (QED) is 0.396. The summed E-state index contributed by atoms with van der Waals surface area (Å²) < 4.78 is 0. The normalized spacial score (nSPS) is 34.2. The Morgan fingerprint density at radius 2 is 2.12 bits per heavy atom. The fraction of sp³-hybridized carbons (Fsp3) is 0.778. The van der Waals surface area contributed by atoms with Crippen molar-refractivity contribution in [2.45, 2.75) is 32.1 Å². The van der Waals surface area contributed by atoms with E-state index in [2.05, 4.69) is 15.3 Å². The Labute approximate surface area is 92.7 Å². The average Bonchev–Trinajstić information content (AvgIpc) is 2.25. The van der Waals surface area contributed by atoms with Crippen molar-refractivity contribution in [1.29, 1.82) is 0 Å². The van der Waals surface area contributed by atoms with Crippen molar-refractivity contribution in [2.75, 3.05) is 6.61 Å². The molecular formula is C9H16N2O5. The summed E-state index contributed by atoms with van der Waals surface area (Å²) in [5.41, 5.74) is 2.30. The van der Waals surface area contributed by atoms with Crippen LogP contribution in [0.4, 0.5) is 0 Å². The molecule has 1 aliphatic heterocycles. The Morgan fingerprint density at radius 3 is 2.62 bits per heavy atom. The van der Waals surface area contributed by atoms with E-state index in [1.54, 1.807) is 6.92 Å². The molecule has 0 spiro atoms. The first-order valence-electron chi connectivity index (χ1n) is 4.95. The van der Waals surface area contributed by atoms with Gasteiger partial charge in [-0.05, 0) is 0 Å². The monoisotopic (exact) mass is 232 g/mol. The van der Waals surface area contributed by atoms with Gasteiger partial charge in [-0.3, -0.25) is 9.79 Å². The first-order valence-corrected chi connectivity index (χ1v) is 4.95. The third kappa shape index (κ3) is 2.69. The van der Waals surface area contributed by atoms with Crippen LogP contribution < -0.4 is 5.48 Å². The number of aliphatic hydroxyl groups excluding tert-OH is 3. The number of aliphatic imine (C=N–C) groups is 1. The topological polar surface area (TPSA) is 111 Å². The van der Waals surface area contributed by atoms with Gasteiger partial charge in [-0.1, -0.05) is 6.92 Å². The molecule has 0 aromatic heterocycles. The van der Waals surface area contributed by atoms with Crippen molar-refractivity contribution in [3.8, 4) is 0 Å². The fourth-order valence-electron chi connectivity index (χ4n) is 1.45. The number of carbonyl (C=O) groups is 1. The van der Waals surface area contributed by atoms with Gasteiger partial charge in [0.2, 0.25) is 0 Å². The molecule has 0 bridgehead atoms. The largest absolute Gasteiger partial charge is 0.394 e. The van der Waals surface area contributed by atoms with E-state index in [1.165, 1.54) is 6.92 Å². The molecule has 1 rings (SSSR count). The van der Waals surface area contributed by atoms with Gasteiger partial charge in [-0.25, -0.2) is 5.48 Å². The van der Waals surface area contributed by atoms with Gasteiger partial charge in [0.25, 0.3) is 0 Å². The minimum Gasteiger partial charge on any atom is -0.394 e. The Bertz CT molecular complexity index is 294. The van der Waals surface area contributed by atoms with E-state index in [4.69, 9.17) is 5.11 Å². The van der Waals surface area contributed by atoms with Crippen LogP contribution in [-0.4, -0.2) is 52.0 Å². The smallest absolute Gasteiger partial charge is 0.329 e. The summed E-state index contributed by atoms with van der Waals surface area (Å²) in [4.78, 5) is 19.1. The molecule has 7 heteroatoms. The van der Waals surface area contributed by atoms with Gasteiger partial charge in [0.1, 0.15) is 18.0 Å². The maximum Gasteiger partial charge on any atom is 0.329 e. The third-order valence-electron chi connectivity index (χ3n) is 2.48. The number of nitrogens with one attached hydrogen (secondary N) is 1. The second-order valence-corrected chi connectivity index (χ2v) is 3.73. The van der Waals surface area contributed by atoms with E-state index >= 15 is 0 Å². The highest BCUT2D eigenvalue weighted by atomic mass is 16.7. The van der Waals surface area contributed by atoms with Crippen LogP contribution in [0.1, 0.15) is 13.8 Å². The lowest BCUT2D eigenvalue weighted by Gasteiger charge is -2.33. The van der Waals surface area contributed by atoms with Crippen LogP contribution in [0.3, 0.4) is 0 Å². The summed E-state index contributed by atoms with van der Waals surface area (Å²) in [6.45, 7) is 2.45. The molecule has 0 aliphatic carbocycles.